The van der Waals surface area contributed by atoms with Crippen molar-refractivity contribution in [3.8, 4) is 0 Å². The van der Waals surface area contributed by atoms with Crippen LogP contribution in [-0.4, -0.2) is 43.4 Å². The summed E-state index contributed by atoms with van der Waals surface area (Å²) in [6, 6.07) is -1.47. The number of ether oxygens (including phenoxy) is 2. The lowest BCUT2D eigenvalue weighted by Gasteiger charge is -2.22. The Hall–Kier alpha value is -1.99. The normalized spacial score (nSPS) is 12.2. The van der Waals surface area contributed by atoms with Gasteiger partial charge in [-0.2, -0.15) is 0 Å². The number of hydrogen-bond acceptors (Lipinski definition) is 5. The van der Waals surface area contributed by atoms with Crippen molar-refractivity contribution < 1.29 is 23.9 Å². The average Bonchev–Trinajstić information content (AvgIpc) is 2.29. The minimum Gasteiger partial charge on any atom is -0.467 e. The highest BCUT2D eigenvalue weighted by Crippen LogP contribution is 2.08. The molecule has 20 heavy (non-hydrogen) atoms. The van der Waals surface area contributed by atoms with Crippen molar-refractivity contribution in [2.45, 2.75) is 45.3 Å². The van der Waals surface area contributed by atoms with Crippen LogP contribution < -0.4 is 16.4 Å². The van der Waals surface area contributed by atoms with Crippen LogP contribution in [0.5, 0.6) is 0 Å². The number of carbonyl (C=O) groups is 3. The monoisotopic (exact) mass is 289 g/mol. The Morgan fingerprint density at radius 1 is 1.25 bits per heavy atom. The highest BCUT2D eigenvalue weighted by molar-refractivity contribution is 5.81. The highest BCUT2D eigenvalue weighted by Gasteiger charge is 2.24. The lowest BCUT2D eigenvalue weighted by Crippen LogP contribution is -2.44. The summed E-state index contributed by atoms with van der Waals surface area (Å²) in [4.78, 5) is 33.6. The van der Waals surface area contributed by atoms with Gasteiger partial charge in [0.25, 0.3) is 0 Å². The van der Waals surface area contributed by atoms with E-state index >= 15 is 0 Å². The van der Waals surface area contributed by atoms with E-state index in [0.717, 1.165) is 0 Å². The molecule has 0 fully saturated rings. The Balaban J connectivity index is 4.32. The Kier molecular flexibility index (Phi) is 7.42. The number of amides is 3. The van der Waals surface area contributed by atoms with Gasteiger partial charge >= 0.3 is 18.1 Å². The third kappa shape index (κ3) is 9.01. The van der Waals surface area contributed by atoms with Gasteiger partial charge < -0.3 is 25.8 Å². The molecule has 0 saturated carbocycles. The molecular formula is C12H23N3O5. The molecule has 0 radical (unpaired) electrons. The Morgan fingerprint density at radius 2 is 1.85 bits per heavy atom. The van der Waals surface area contributed by atoms with E-state index in [4.69, 9.17) is 10.5 Å². The molecule has 0 aliphatic heterocycles. The third-order valence-electron chi connectivity index (χ3n) is 2.15. The maximum absolute atomic E-state index is 11.6. The summed E-state index contributed by atoms with van der Waals surface area (Å²) in [5.41, 5.74) is 4.26. The van der Waals surface area contributed by atoms with E-state index in [1.807, 2.05) is 0 Å². The van der Waals surface area contributed by atoms with E-state index in [1.165, 1.54) is 7.11 Å². The molecule has 0 spiro atoms. The van der Waals surface area contributed by atoms with Gasteiger partial charge in [0.1, 0.15) is 11.6 Å². The van der Waals surface area contributed by atoms with E-state index in [-0.39, 0.29) is 0 Å². The van der Waals surface area contributed by atoms with Crippen LogP contribution in [0.2, 0.25) is 0 Å². The standard InChI is InChI=1S/C12H23N3O5/c1-12(2,3)20-11(18)15-8(9(16)19-4)6-5-7-14-10(13)17/h8H,5-7H2,1-4H3,(H,15,18)(H3,13,14,17)/t8-/m0/s1. The van der Waals surface area contributed by atoms with Crippen molar-refractivity contribution in [2.75, 3.05) is 13.7 Å². The summed E-state index contributed by atoms with van der Waals surface area (Å²) in [6.07, 6.45) is 0.0563. The van der Waals surface area contributed by atoms with Crippen molar-refractivity contribution >= 4 is 18.1 Å². The highest BCUT2D eigenvalue weighted by atomic mass is 16.6. The summed E-state index contributed by atoms with van der Waals surface area (Å²) in [5, 5.41) is 4.82. The van der Waals surface area contributed by atoms with Gasteiger partial charge in [-0.3, -0.25) is 0 Å². The quantitative estimate of drug-likeness (QED) is 0.486. The number of carbonyl (C=O) groups excluding carboxylic acids is 3. The maximum Gasteiger partial charge on any atom is 0.408 e. The zero-order valence-electron chi connectivity index (χ0n) is 12.3. The molecule has 0 saturated heterocycles. The summed E-state index contributed by atoms with van der Waals surface area (Å²) < 4.78 is 9.66. The van der Waals surface area contributed by atoms with Crippen LogP contribution in [0.15, 0.2) is 0 Å². The predicted octanol–water partition coefficient (Wildman–Crippen LogP) is 0.501. The smallest absolute Gasteiger partial charge is 0.408 e. The van der Waals surface area contributed by atoms with Crippen LogP contribution in [0.1, 0.15) is 33.6 Å². The molecule has 0 aromatic rings. The number of rotatable bonds is 6. The average molecular weight is 289 g/mol. The first-order valence-electron chi connectivity index (χ1n) is 6.26. The number of primary amides is 1. The van der Waals surface area contributed by atoms with E-state index < -0.39 is 29.7 Å². The largest absolute Gasteiger partial charge is 0.467 e. The number of methoxy groups -OCH3 is 1. The molecule has 0 rings (SSSR count). The fourth-order valence-electron chi connectivity index (χ4n) is 1.36. The van der Waals surface area contributed by atoms with Crippen LogP contribution in [0.25, 0.3) is 0 Å². The lowest BCUT2D eigenvalue weighted by molar-refractivity contribution is -0.143. The minimum absolute atomic E-state index is 0.298. The number of nitrogens with one attached hydrogen (secondary N) is 2. The van der Waals surface area contributed by atoms with Crippen LogP contribution in [0.3, 0.4) is 0 Å². The van der Waals surface area contributed by atoms with Gasteiger partial charge in [-0.05, 0) is 33.6 Å². The molecule has 116 valence electrons. The van der Waals surface area contributed by atoms with E-state index in [9.17, 15) is 14.4 Å². The maximum atomic E-state index is 11.6. The summed E-state index contributed by atoms with van der Waals surface area (Å²) in [5.74, 6) is -0.574. The fraction of sp³-hybridized carbons (Fsp3) is 0.750. The van der Waals surface area contributed by atoms with Gasteiger partial charge in [0.2, 0.25) is 0 Å². The minimum atomic E-state index is -0.829. The van der Waals surface area contributed by atoms with Crippen molar-refractivity contribution in [1.82, 2.24) is 10.6 Å². The van der Waals surface area contributed by atoms with Crippen molar-refractivity contribution in [1.29, 1.82) is 0 Å². The summed E-state index contributed by atoms with van der Waals surface area (Å²) in [6.45, 7) is 5.46. The molecular weight excluding hydrogens is 266 g/mol. The molecule has 4 N–H and O–H groups in total. The third-order valence-corrected chi connectivity index (χ3v) is 2.15. The SMILES string of the molecule is COC(=O)[C@H](CCCNC(N)=O)NC(=O)OC(C)(C)C. The molecule has 0 heterocycles. The summed E-state index contributed by atoms with van der Waals surface area (Å²) >= 11 is 0. The number of nitrogens with two attached hydrogens (primary N) is 1. The Morgan fingerprint density at radius 3 is 2.30 bits per heavy atom. The molecule has 3 amide bonds. The van der Waals surface area contributed by atoms with Crippen molar-refractivity contribution in [2.24, 2.45) is 5.73 Å². The van der Waals surface area contributed by atoms with Crippen LogP contribution in [0.4, 0.5) is 9.59 Å². The first-order chi connectivity index (χ1) is 9.15. The van der Waals surface area contributed by atoms with Crippen molar-refractivity contribution in [3.63, 3.8) is 0 Å². The second kappa shape index (κ2) is 8.23. The molecule has 0 aromatic heterocycles. The topological polar surface area (TPSA) is 120 Å². The number of urea groups is 1. The van der Waals surface area contributed by atoms with E-state index in [1.54, 1.807) is 20.8 Å². The first-order valence-corrected chi connectivity index (χ1v) is 6.26. The fourth-order valence-corrected chi connectivity index (χ4v) is 1.36. The number of alkyl carbamates (subject to hydrolysis) is 1. The molecule has 0 bridgehead atoms. The van der Waals surface area contributed by atoms with Crippen molar-refractivity contribution in [3.05, 3.63) is 0 Å². The van der Waals surface area contributed by atoms with Gasteiger partial charge in [0.15, 0.2) is 0 Å². The molecule has 0 aliphatic rings. The molecule has 8 heteroatoms. The number of esters is 1. The van der Waals surface area contributed by atoms with Gasteiger partial charge in [-0.15, -0.1) is 0 Å². The zero-order chi connectivity index (χ0) is 15.8. The van der Waals surface area contributed by atoms with Gasteiger partial charge in [-0.25, -0.2) is 14.4 Å². The zero-order valence-corrected chi connectivity index (χ0v) is 12.3. The van der Waals surface area contributed by atoms with E-state index in [2.05, 4.69) is 15.4 Å². The number of hydrogen-bond donors (Lipinski definition) is 3. The predicted molar refractivity (Wildman–Crippen MR) is 72.0 cm³/mol. The van der Waals surface area contributed by atoms with Gasteiger partial charge in [0, 0.05) is 6.54 Å². The Labute approximate surface area is 118 Å². The van der Waals surface area contributed by atoms with Crippen LogP contribution in [-0.2, 0) is 14.3 Å². The summed E-state index contributed by atoms with van der Waals surface area (Å²) in [7, 11) is 1.23. The second-order valence-corrected chi connectivity index (χ2v) is 5.16. The van der Waals surface area contributed by atoms with Crippen LogP contribution in [0, 0.1) is 0 Å². The first kappa shape index (κ1) is 18.0. The molecule has 8 nitrogen and oxygen atoms in total. The molecule has 0 aromatic carbocycles. The molecule has 0 aliphatic carbocycles. The molecule has 1 atom stereocenters. The second-order valence-electron chi connectivity index (χ2n) is 5.16. The lowest BCUT2D eigenvalue weighted by atomic mass is 10.1. The van der Waals surface area contributed by atoms with Crippen LogP contribution >= 0.6 is 0 Å². The van der Waals surface area contributed by atoms with Gasteiger partial charge in [0.05, 0.1) is 7.11 Å². The van der Waals surface area contributed by atoms with Gasteiger partial charge in [-0.1, -0.05) is 0 Å². The Bertz CT molecular complexity index is 351. The molecule has 0 unspecified atom stereocenters. The van der Waals surface area contributed by atoms with E-state index in [0.29, 0.717) is 19.4 Å².